The Morgan fingerprint density at radius 1 is 1.06 bits per heavy atom. The van der Waals surface area contributed by atoms with Gasteiger partial charge in [-0.05, 0) is 34.2 Å². The topological polar surface area (TPSA) is 40.5 Å². The highest BCUT2D eigenvalue weighted by atomic mass is 127. The van der Waals surface area contributed by atoms with Gasteiger partial charge in [-0.2, -0.15) is 4.39 Å². The standard InChI is InChI=1S/C12H8FIO2/c13-10-9(15)6-8(11(14)12(10)16)7-4-2-1-3-5-7/h1-6,15-16H. The van der Waals surface area contributed by atoms with E-state index in [1.165, 1.54) is 6.07 Å². The van der Waals surface area contributed by atoms with Gasteiger partial charge in [0.05, 0.1) is 3.57 Å². The number of aromatic hydroxyl groups is 2. The maximum atomic E-state index is 13.2. The van der Waals surface area contributed by atoms with Crippen molar-refractivity contribution < 1.29 is 14.6 Å². The summed E-state index contributed by atoms with van der Waals surface area (Å²) < 4.78 is 13.6. The van der Waals surface area contributed by atoms with Crippen LogP contribution in [0.3, 0.4) is 0 Å². The van der Waals surface area contributed by atoms with E-state index in [1.807, 2.05) is 52.9 Å². The molecule has 2 N–H and O–H groups in total. The first-order chi connectivity index (χ1) is 7.61. The van der Waals surface area contributed by atoms with E-state index in [9.17, 15) is 14.6 Å². The smallest absolute Gasteiger partial charge is 0.207 e. The average molecular weight is 330 g/mol. The Bertz CT molecular complexity index is 526. The highest BCUT2D eigenvalue weighted by molar-refractivity contribution is 14.1. The van der Waals surface area contributed by atoms with Crippen molar-refractivity contribution in [1.29, 1.82) is 0 Å². The molecule has 2 aromatic carbocycles. The van der Waals surface area contributed by atoms with Crippen LogP contribution in [-0.2, 0) is 0 Å². The summed E-state index contributed by atoms with van der Waals surface area (Å²) in [6.07, 6.45) is 0. The largest absolute Gasteiger partial charge is 0.505 e. The van der Waals surface area contributed by atoms with E-state index in [1.54, 1.807) is 0 Å². The second-order valence-corrected chi connectivity index (χ2v) is 4.36. The molecular weight excluding hydrogens is 322 g/mol. The third kappa shape index (κ3) is 1.84. The van der Waals surface area contributed by atoms with Crippen LogP contribution in [0.25, 0.3) is 11.1 Å². The zero-order chi connectivity index (χ0) is 11.7. The summed E-state index contributed by atoms with van der Waals surface area (Å²) in [6.45, 7) is 0. The van der Waals surface area contributed by atoms with Crippen molar-refractivity contribution in [1.82, 2.24) is 0 Å². The predicted octanol–water partition coefficient (Wildman–Crippen LogP) is 3.51. The lowest BCUT2D eigenvalue weighted by Crippen LogP contribution is -1.88. The molecule has 0 aliphatic heterocycles. The predicted molar refractivity (Wildman–Crippen MR) is 67.9 cm³/mol. The molecule has 0 saturated heterocycles. The van der Waals surface area contributed by atoms with Crippen molar-refractivity contribution in [3.05, 3.63) is 45.8 Å². The maximum absolute atomic E-state index is 13.2. The van der Waals surface area contributed by atoms with Crippen LogP contribution < -0.4 is 0 Å². The molecule has 2 rings (SSSR count). The van der Waals surface area contributed by atoms with Crippen LogP contribution in [0.2, 0.25) is 0 Å². The van der Waals surface area contributed by atoms with Gasteiger partial charge in [0, 0.05) is 5.56 Å². The quantitative estimate of drug-likeness (QED) is 0.786. The summed E-state index contributed by atoms with van der Waals surface area (Å²) in [7, 11) is 0. The van der Waals surface area contributed by atoms with Gasteiger partial charge >= 0.3 is 0 Å². The first-order valence-corrected chi connectivity index (χ1v) is 5.64. The van der Waals surface area contributed by atoms with Crippen LogP contribution in [-0.4, -0.2) is 10.2 Å². The first kappa shape index (κ1) is 11.2. The van der Waals surface area contributed by atoms with Crippen molar-refractivity contribution in [3.8, 4) is 22.6 Å². The summed E-state index contributed by atoms with van der Waals surface area (Å²) in [4.78, 5) is 0. The van der Waals surface area contributed by atoms with E-state index in [2.05, 4.69) is 0 Å². The van der Waals surface area contributed by atoms with Gasteiger partial charge in [-0.25, -0.2) is 0 Å². The molecule has 0 bridgehead atoms. The molecule has 0 spiro atoms. The molecule has 0 unspecified atom stereocenters. The molecule has 0 amide bonds. The van der Waals surface area contributed by atoms with Crippen molar-refractivity contribution in [2.24, 2.45) is 0 Å². The summed E-state index contributed by atoms with van der Waals surface area (Å²) in [5, 5.41) is 18.8. The van der Waals surface area contributed by atoms with E-state index in [4.69, 9.17) is 0 Å². The Labute approximate surface area is 106 Å². The Morgan fingerprint density at radius 2 is 1.69 bits per heavy atom. The van der Waals surface area contributed by atoms with Gasteiger partial charge in [0.1, 0.15) is 0 Å². The Morgan fingerprint density at radius 3 is 2.31 bits per heavy atom. The van der Waals surface area contributed by atoms with Gasteiger partial charge in [0.2, 0.25) is 5.82 Å². The molecule has 0 aliphatic rings. The SMILES string of the molecule is Oc1cc(-c2ccccc2)c(I)c(O)c1F. The molecule has 2 aromatic rings. The molecule has 0 saturated carbocycles. The second-order valence-electron chi connectivity index (χ2n) is 3.29. The molecule has 2 nitrogen and oxygen atoms in total. The van der Waals surface area contributed by atoms with Gasteiger partial charge in [0.15, 0.2) is 11.5 Å². The third-order valence-electron chi connectivity index (χ3n) is 2.24. The van der Waals surface area contributed by atoms with Crippen molar-refractivity contribution >= 4 is 22.6 Å². The lowest BCUT2D eigenvalue weighted by Gasteiger charge is -2.08. The molecule has 4 heteroatoms. The highest BCUT2D eigenvalue weighted by Gasteiger charge is 2.16. The third-order valence-corrected chi connectivity index (χ3v) is 3.34. The zero-order valence-corrected chi connectivity index (χ0v) is 10.3. The number of hydrogen-bond donors (Lipinski definition) is 2. The number of rotatable bonds is 1. The van der Waals surface area contributed by atoms with E-state index in [0.717, 1.165) is 5.56 Å². The summed E-state index contributed by atoms with van der Waals surface area (Å²) in [5.41, 5.74) is 1.43. The average Bonchev–Trinajstić information content (AvgIpc) is 2.32. The first-order valence-electron chi connectivity index (χ1n) is 4.56. The fourth-order valence-electron chi connectivity index (χ4n) is 1.44. The lowest BCUT2D eigenvalue weighted by molar-refractivity contribution is 0.387. The number of benzene rings is 2. The Balaban J connectivity index is 2.68. The van der Waals surface area contributed by atoms with E-state index >= 15 is 0 Å². The summed E-state index contributed by atoms with van der Waals surface area (Å²) in [6, 6.07) is 10.5. The van der Waals surface area contributed by atoms with Gasteiger partial charge in [-0.1, -0.05) is 30.3 Å². The molecule has 82 valence electrons. The van der Waals surface area contributed by atoms with Crippen LogP contribution in [0, 0.1) is 9.39 Å². The van der Waals surface area contributed by atoms with Gasteiger partial charge in [-0.3, -0.25) is 0 Å². The summed E-state index contributed by atoms with van der Waals surface area (Å²) in [5.74, 6) is -2.04. The fourth-order valence-corrected chi connectivity index (χ4v) is 2.14. The lowest BCUT2D eigenvalue weighted by atomic mass is 10.1. The second kappa shape index (κ2) is 4.29. The van der Waals surface area contributed by atoms with Crippen LogP contribution in [0.1, 0.15) is 0 Å². The van der Waals surface area contributed by atoms with Crippen LogP contribution in [0.15, 0.2) is 36.4 Å². The van der Waals surface area contributed by atoms with Crippen molar-refractivity contribution in [3.63, 3.8) is 0 Å². The van der Waals surface area contributed by atoms with Crippen LogP contribution >= 0.6 is 22.6 Å². The molecule has 0 aliphatic carbocycles. The van der Waals surface area contributed by atoms with Gasteiger partial charge < -0.3 is 10.2 Å². The minimum absolute atomic E-state index is 0.388. The number of halogens is 2. The van der Waals surface area contributed by atoms with E-state index < -0.39 is 17.3 Å². The van der Waals surface area contributed by atoms with Gasteiger partial charge in [0.25, 0.3) is 0 Å². The van der Waals surface area contributed by atoms with Crippen molar-refractivity contribution in [2.75, 3.05) is 0 Å². The fraction of sp³-hybridized carbons (Fsp3) is 0. The minimum atomic E-state index is -0.982. The van der Waals surface area contributed by atoms with E-state index in [0.29, 0.717) is 9.13 Å². The zero-order valence-electron chi connectivity index (χ0n) is 8.11. The molecule has 0 atom stereocenters. The van der Waals surface area contributed by atoms with Crippen LogP contribution in [0.5, 0.6) is 11.5 Å². The monoisotopic (exact) mass is 330 g/mol. The molecule has 0 aromatic heterocycles. The molecule has 0 heterocycles. The number of phenols is 2. The Kier molecular flexibility index (Phi) is 3.00. The molecule has 0 fully saturated rings. The molecule has 0 radical (unpaired) electrons. The maximum Gasteiger partial charge on any atom is 0.207 e. The molecular formula is C12H8FIO2. The van der Waals surface area contributed by atoms with Crippen LogP contribution in [0.4, 0.5) is 4.39 Å². The summed E-state index contributed by atoms with van der Waals surface area (Å²) >= 11 is 1.85. The normalized spacial score (nSPS) is 10.4. The highest BCUT2D eigenvalue weighted by Crippen LogP contribution is 2.37. The molecule has 16 heavy (non-hydrogen) atoms. The van der Waals surface area contributed by atoms with E-state index in [-0.39, 0.29) is 0 Å². The Hall–Kier alpha value is -1.30. The van der Waals surface area contributed by atoms with Gasteiger partial charge in [-0.15, -0.1) is 0 Å². The minimum Gasteiger partial charge on any atom is -0.505 e. The van der Waals surface area contributed by atoms with Crippen molar-refractivity contribution in [2.45, 2.75) is 0 Å². The number of phenolic OH excluding ortho intramolecular Hbond substituents is 2. The number of hydrogen-bond acceptors (Lipinski definition) is 2.